The van der Waals surface area contributed by atoms with Crippen LogP contribution in [0.15, 0.2) is 48.7 Å². The average molecular weight is 505 g/mol. The van der Waals surface area contributed by atoms with Gasteiger partial charge in [0.2, 0.25) is 5.91 Å². The molecule has 1 aliphatic rings. The fourth-order valence-electron chi connectivity index (χ4n) is 4.08. The molecule has 0 unspecified atom stereocenters. The molecule has 0 saturated carbocycles. The molecule has 4 rings (SSSR count). The normalized spacial score (nSPS) is 19.7. The van der Waals surface area contributed by atoms with Crippen molar-refractivity contribution in [2.75, 3.05) is 6.54 Å². The Morgan fingerprint density at radius 2 is 1.94 bits per heavy atom. The molecule has 0 radical (unpaired) electrons. The third-order valence-electron chi connectivity index (χ3n) is 5.90. The Balaban J connectivity index is 1.47. The smallest absolute Gasteiger partial charge is 0.409 e. The van der Waals surface area contributed by atoms with Crippen LogP contribution in [-0.2, 0) is 22.6 Å². The summed E-state index contributed by atoms with van der Waals surface area (Å²) in [6.45, 7) is 0.615. The zero-order valence-corrected chi connectivity index (χ0v) is 19.5. The molecule has 184 valence electrons. The lowest BCUT2D eigenvalue weighted by Crippen LogP contribution is -2.48. The molecule has 3 N–H and O–H groups in total. The third kappa shape index (κ3) is 4.98. The molecular weight excluding hydrogens is 482 g/mol. The number of nitrogens with two attached hydrogens (primary N) is 1. The van der Waals surface area contributed by atoms with Crippen molar-refractivity contribution in [2.24, 2.45) is 5.73 Å². The standard InChI is InChI=1S/C24H23ClF2N4O4/c1-13(32)16-10-30(19-8-3-2-6-15(16)19)12-20(33)31-11-18(26)22(28)23(31)35-24(34)29-9-14-5-4-7-17(25)21(14)27/h2-8,10,18,22-23H,9,11-12,28H2,1H3,(H,29,34)/t18-,22+,23-/m0/s1. The van der Waals surface area contributed by atoms with Gasteiger partial charge >= 0.3 is 6.09 Å². The van der Waals surface area contributed by atoms with Crippen LogP contribution in [-0.4, -0.2) is 52.2 Å². The molecular formula is C24H23ClF2N4O4. The number of hydrogen-bond donors (Lipinski definition) is 2. The third-order valence-corrected chi connectivity index (χ3v) is 6.19. The van der Waals surface area contributed by atoms with E-state index >= 15 is 0 Å². The van der Waals surface area contributed by atoms with E-state index in [9.17, 15) is 23.2 Å². The minimum atomic E-state index is -1.61. The number of aromatic nitrogens is 1. The van der Waals surface area contributed by atoms with Gasteiger partial charge in [0, 0.05) is 34.8 Å². The number of ether oxygens (including phenoxy) is 1. The molecule has 2 heterocycles. The molecule has 0 bridgehead atoms. The Labute approximate surface area is 204 Å². The monoisotopic (exact) mass is 504 g/mol. The largest absolute Gasteiger partial charge is 0.423 e. The number of carbonyl (C=O) groups is 3. The summed E-state index contributed by atoms with van der Waals surface area (Å²) >= 11 is 5.74. The molecule has 0 aliphatic carbocycles. The van der Waals surface area contributed by atoms with Gasteiger partial charge in [-0.1, -0.05) is 41.9 Å². The van der Waals surface area contributed by atoms with Gasteiger partial charge in [0.25, 0.3) is 0 Å². The lowest BCUT2D eigenvalue weighted by atomic mass is 10.1. The highest BCUT2D eigenvalue weighted by molar-refractivity contribution is 6.30. The lowest BCUT2D eigenvalue weighted by Gasteiger charge is -2.26. The SMILES string of the molecule is CC(=O)c1cn(CC(=O)N2C[C@H](F)[C@@H](N)[C@@H]2OC(=O)NCc2cccc(Cl)c2F)c2ccccc12. The minimum absolute atomic E-state index is 0.0991. The van der Waals surface area contributed by atoms with E-state index in [2.05, 4.69) is 5.32 Å². The highest BCUT2D eigenvalue weighted by Crippen LogP contribution is 2.25. The van der Waals surface area contributed by atoms with E-state index < -0.39 is 36.3 Å². The number of alkyl halides is 1. The summed E-state index contributed by atoms with van der Waals surface area (Å²) in [4.78, 5) is 38.5. The van der Waals surface area contributed by atoms with Crippen LogP contribution in [0, 0.1) is 5.82 Å². The number of carbonyl (C=O) groups excluding carboxylic acids is 3. The van der Waals surface area contributed by atoms with Gasteiger partial charge in [0.05, 0.1) is 17.6 Å². The first-order valence-corrected chi connectivity index (χ1v) is 11.2. The Morgan fingerprint density at radius 1 is 1.20 bits per heavy atom. The molecule has 3 atom stereocenters. The van der Waals surface area contributed by atoms with Crippen molar-refractivity contribution >= 4 is 40.3 Å². The van der Waals surface area contributed by atoms with E-state index in [4.69, 9.17) is 22.1 Å². The van der Waals surface area contributed by atoms with Crippen LogP contribution >= 0.6 is 11.6 Å². The Bertz CT molecular complexity index is 1300. The van der Waals surface area contributed by atoms with E-state index in [1.807, 2.05) is 0 Å². The summed E-state index contributed by atoms with van der Waals surface area (Å²) in [5, 5.41) is 2.95. The molecule has 1 saturated heterocycles. The van der Waals surface area contributed by atoms with Crippen molar-refractivity contribution in [3.63, 3.8) is 0 Å². The number of benzene rings is 2. The summed E-state index contributed by atoms with van der Waals surface area (Å²) < 4.78 is 35.3. The first-order chi connectivity index (χ1) is 16.7. The van der Waals surface area contributed by atoms with Gasteiger partial charge in [-0.2, -0.15) is 0 Å². The number of Topliss-reactive ketones (excluding diaryl/α,β-unsaturated/α-hetero) is 1. The van der Waals surface area contributed by atoms with Crippen LogP contribution in [0.4, 0.5) is 13.6 Å². The van der Waals surface area contributed by atoms with Gasteiger partial charge in [-0.05, 0) is 19.1 Å². The van der Waals surface area contributed by atoms with Crippen LogP contribution in [0.1, 0.15) is 22.8 Å². The van der Waals surface area contributed by atoms with Gasteiger partial charge in [-0.3, -0.25) is 9.59 Å². The van der Waals surface area contributed by atoms with Gasteiger partial charge in [-0.25, -0.2) is 13.6 Å². The summed E-state index contributed by atoms with van der Waals surface area (Å²) in [6.07, 6.45) is -2.41. The Kier molecular flexibility index (Phi) is 7.04. The van der Waals surface area contributed by atoms with Crippen molar-refractivity contribution in [3.8, 4) is 0 Å². The molecule has 2 amide bonds. The van der Waals surface area contributed by atoms with Gasteiger partial charge in [-0.15, -0.1) is 0 Å². The number of amides is 2. The molecule has 1 aromatic heterocycles. The summed E-state index contributed by atoms with van der Waals surface area (Å²) in [5.41, 5.74) is 7.11. The van der Waals surface area contributed by atoms with Gasteiger partial charge in [0.1, 0.15) is 18.5 Å². The predicted molar refractivity (Wildman–Crippen MR) is 125 cm³/mol. The molecule has 2 aromatic carbocycles. The maximum atomic E-state index is 14.4. The second kappa shape index (κ2) is 10.0. The molecule has 11 heteroatoms. The number of para-hydroxylation sites is 1. The quantitative estimate of drug-likeness (QED) is 0.500. The first-order valence-electron chi connectivity index (χ1n) is 10.8. The maximum absolute atomic E-state index is 14.4. The van der Waals surface area contributed by atoms with Gasteiger partial charge < -0.3 is 25.3 Å². The van der Waals surface area contributed by atoms with Crippen LogP contribution in [0.25, 0.3) is 10.9 Å². The highest BCUT2D eigenvalue weighted by atomic mass is 35.5. The van der Waals surface area contributed by atoms with Crippen molar-refractivity contribution in [3.05, 3.63) is 70.6 Å². The molecule has 8 nitrogen and oxygen atoms in total. The van der Waals surface area contributed by atoms with E-state index in [-0.39, 0.29) is 36.0 Å². The van der Waals surface area contributed by atoms with Crippen molar-refractivity contribution < 1.29 is 27.9 Å². The maximum Gasteiger partial charge on any atom is 0.409 e. The van der Waals surface area contributed by atoms with E-state index in [1.54, 1.807) is 35.0 Å². The van der Waals surface area contributed by atoms with E-state index in [0.29, 0.717) is 16.5 Å². The minimum Gasteiger partial charge on any atom is -0.423 e. The van der Waals surface area contributed by atoms with Crippen molar-refractivity contribution in [2.45, 2.75) is 38.5 Å². The highest BCUT2D eigenvalue weighted by Gasteiger charge is 2.45. The zero-order chi connectivity index (χ0) is 25.3. The number of nitrogens with zero attached hydrogens (tertiary/aromatic N) is 2. The summed E-state index contributed by atoms with van der Waals surface area (Å²) in [7, 11) is 0. The number of likely N-dealkylation sites (tertiary alicyclic amines) is 1. The number of nitrogens with one attached hydrogen (secondary N) is 1. The number of rotatable bonds is 6. The predicted octanol–water partition coefficient (Wildman–Crippen LogP) is 3.40. The first kappa shape index (κ1) is 24.6. The second-order valence-corrected chi connectivity index (χ2v) is 8.65. The van der Waals surface area contributed by atoms with Crippen LogP contribution in [0.3, 0.4) is 0 Å². The number of ketones is 1. The van der Waals surface area contributed by atoms with E-state index in [0.717, 1.165) is 4.90 Å². The number of alkyl carbamates (subject to hydrolysis) is 1. The molecule has 35 heavy (non-hydrogen) atoms. The molecule has 3 aromatic rings. The van der Waals surface area contributed by atoms with Crippen molar-refractivity contribution in [1.29, 1.82) is 0 Å². The Morgan fingerprint density at radius 3 is 2.69 bits per heavy atom. The fourth-order valence-corrected chi connectivity index (χ4v) is 4.28. The summed E-state index contributed by atoms with van der Waals surface area (Å²) in [6, 6.07) is 10.2. The lowest BCUT2D eigenvalue weighted by molar-refractivity contribution is -0.139. The van der Waals surface area contributed by atoms with Gasteiger partial charge in [0.15, 0.2) is 12.0 Å². The van der Waals surface area contributed by atoms with Crippen LogP contribution in [0.5, 0.6) is 0 Å². The topological polar surface area (TPSA) is 107 Å². The zero-order valence-electron chi connectivity index (χ0n) is 18.7. The second-order valence-electron chi connectivity index (χ2n) is 8.25. The summed E-state index contributed by atoms with van der Waals surface area (Å²) in [5.74, 6) is -1.39. The van der Waals surface area contributed by atoms with Crippen LogP contribution in [0.2, 0.25) is 5.02 Å². The fraction of sp³-hybridized carbons (Fsp3) is 0.292. The molecule has 1 aliphatic heterocycles. The van der Waals surface area contributed by atoms with Crippen LogP contribution < -0.4 is 11.1 Å². The molecule has 1 fully saturated rings. The molecule has 0 spiro atoms. The average Bonchev–Trinajstić information content (AvgIpc) is 3.33. The number of hydrogen-bond acceptors (Lipinski definition) is 5. The number of halogens is 3. The Hall–Kier alpha value is -3.50. The van der Waals surface area contributed by atoms with Crippen molar-refractivity contribution in [1.82, 2.24) is 14.8 Å². The number of fused-ring (bicyclic) bond motifs is 1. The van der Waals surface area contributed by atoms with E-state index in [1.165, 1.54) is 25.1 Å².